The van der Waals surface area contributed by atoms with Crippen molar-refractivity contribution in [2.24, 2.45) is 5.73 Å². The minimum Gasteiger partial charge on any atom is -0.351 e. The maximum Gasteiger partial charge on any atom is 0.329 e. The summed E-state index contributed by atoms with van der Waals surface area (Å²) in [5.74, 6) is -0.657. The third kappa shape index (κ3) is 3.58. The van der Waals surface area contributed by atoms with E-state index in [0.717, 1.165) is 0 Å². The van der Waals surface area contributed by atoms with Crippen LogP contribution in [0.2, 0.25) is 5.02 Å². The van der Waals surface area contributed by atoms with Crippen molar-refractivity contribution in [3.05, 3.63) is 34.9 Å². The highest BCUT2D eigenvalue weighted by Gasteiger charge is 2.10. The third-order valence-corrected chi connectivity index (χ3v) is 1.82. The molecule has 0 heterocycles. The number of carbonyl (C=O) groups is 3. The molecule has 0 unspecified atom stereocenters. The van der Waals surface area contributed by atoms with E-state index in [1.54, 1.807) is 5.32 Å². The fourth-order valence-corrected chi connectivity index (χ4v) is 1.05. The van der Waals surface area contributed by atoms with Crippen molar-refractivity contribution in [2.45, 2.75) is 0 Å². The van der Waals surface area contributed by atoms with Gasteiger partial charge in [0.25, 0.3) is 5.91 Å². The highest BCUT2D eigenvalue weighted by atomic mass is 35.5. The number of nitrogens with one attached hydrogen (secondary N) is 2. The predicted octanol–water partition coefficient (Wildman–Crippen LogP) is 0.858. The zero-order chi connectivity index (χ0) is 12.1. The number of hydrogen-bond donors (Lipinski definition) is 3. The van der Waals surface area contributed by atoms with Gasteiger partial charge in [0, 0.05) is 10.6 Å². The number of benzene rings is 1. The van der Waals surface area contributed by atoms with Gasteiger partial charge in [0.2, 0.25) is 0 Å². The minimum absolute atomic E-state index is 0.240. The van der Waals surface area contributed by atoms with E-state index in [0.29, 0.717) is 5.02 Å². The first kappa shape index (κ1) is 12.0. The molecule has 0 spiro atoms. The zero-order valence-electron chi connectivity index (χ0n) is 7.99. The number of urea groups is 2. The molecule has 0 saturated carbocycles. The van der Waals surface area contributed by atoms with Crippen LogP contribution in [0.15, 0.2) is 24.3 Å². The molecule has 0 fully saturated rings. The molecule has 5 amide bonds. The first-order valence-electron chi connectivity index (χ1n) is 4.16. The van der Waals surface area contributed by atoms with Gasteiger partial charge in [-0.25, -0.2) is 9.59 Å². The molecule has 0 radical (unpaired) electrons. The molecular weight excluding hydrogens is 234 g/mol. The Hall–Kier alpha value is -2.08. The van der Waals surface area contributed by atoms with Gasteiger partial charge in [-0.1, -0.05) is 11.6 Å². The second-order valence-corrected chi connectivity index (χ2v) is 3.22. The van der Waals surface area contributed by atoms with E-state index >= 15 is 0 Å². The summed E-state index contributed by atoms with van der Waals surface area (Å²) in [7, 11) is 0. The SMILES string of the molecule is NC(=O)NC(=O)NC(=O)c1ccc(Cl)cc1. The molecule has 0 atom stereocenters. The Labute approximate surface area is 95.8 Å². The fraction of sp³-hybridized carbons (Fsp3) is 0. The van der Waals surface area contributed by atoms with Crippen molar-refractivity contribution in [3.8, 4) is 0 Å². The van der Waals surface area contributed by atoms with E-state index in [1.807, 2.05) is 5.32 Å². The summed E-state index contributed by atoms with van der Waals surface area (Å²) in [5, 5.41) is 4.08. The highest BCUT2D eigenvalue weighted by molar-refractivity contribution is 6.30. The number of halogens is 1. The minimum atomic E-state index is -1.04. The number of rotatable bonds is 1. The van der Waals surface area contributed by atoms with Crippen LogP contribution in [0.3, 0.4) is 0 Å². The van der Waals surface area contributed by atoms with Crippen molar-refractivity contribution in [3.63, 3.8) is 0 Å². The van der Waals surface area contributed by atoms with E-state index in [1.165, 1.54) is 24.3 Å². The maximum absolute atomic E-state index is 11.4. The fourth-order valence-electron chi connectivity index (χ4n) is 0.920. The molecule has 1 rings (SSSR count). The summed E-state index contributed by atoms with van der Waals surface area (Å²) in [4.78, 5) is 32.6. The molecule has 6 nitrogen and oxygen atoms in total. The van der Waals surface area contributed by atoms with Crippen molar-refractivity contribution < 1.29 is 14.4 Å². The average molecular weight is 242 g/mol. The van der Waals surface area contributed by atoms with Crippen molar-refractivity contribution in [2.75, 3.05) is 0 Å². The summed E-state index contributed by atoms with van der Waals surface area (Å²) in [6, 6.07) is 3.86. The van der Waals surface area contributed by atoms with Crippen molar-refractivity contribution in [1.82, 2.24) is 10.6 Å². The molecule has 0 bridgehead atoms. The van der Waals surface area contributed by atoms with Gasteiger partial charge in [0.05, 0.1) is 0 Å². The second-order valence-electron chi connectivity index (χ2n) is 2.78. The third-order valence-electron chi connectivity index (χ3n) is 1.57. The van der Waals surface area contributed by atoms with Crippen LogP contribution in [0.1, 0.15) is 10.4 Å². The molecule has 0 aromatic heterocycles. The Morgan fingerprint density at radius 1 is 1.06 bits per heavy atom. The van der Waals surface area contributed by atoms with Crippen LogP contribution in [0.5, 0.6) is 0 Å². The smallest absolute Gasteiger partial charge is 0.329 e. The first-order valence-corrected chi connectivity index (χ1v) is 4.54. The molecular formula is C9H8ClN3O3. The van der Waals surface area contributed by atoms with Gasteiger partial charge in [-0.3, -0.25) is 15.4 Å². The summed E-state index contributed by atoms with van der Waals surface area (Å²) in [6.07, 6.45) is 0. The van der Waals surface area contributed by atoms with E-state index in [-0.39, 0.29) is 5.56 Å². The summed E-state index contributed by atoms with van der Waals surface area (Å²) in [5.41, 5.74) is 4.93. The van der Waals surface area contributed by atoms with E-state index in [4.69, 9.17) is 11.6 Å². The van der Waals surface area contributed by atoms with Crippen LogP contribution in [0.25, 0.3) is 0 Å². The lowest BCUT2D eigenvalue weighted by Gasteiger charge is -2.03. The van der Waals surface area contributed by atoms with Crippen LogP contribution in [-0.4, -0.2) is 18.0 Å². The van der Waals surface area contributed by atoms with Gasteiger partial charge >= 0.3 is 12.1 Å². The van der Waals surface area contributed by atoms with E-state index < -0.39 is 18.0 Å². The topological polar surface area (TPSA) is 101 Å². The molecule has 1 aromatic carbocycles. The molecule has 16 heavy (non-hydrogen) atoms. The van der Waals surface area contributed by atoms with Crippen molar-refractivity contribution >= 4 is 29.6 Å². The van der Waals surface area contributed by atoms with Gasteiger partial charge in [0.1, 0.15) is 0 Å². The van der Waals surface area contributed by atoms with Crippen LogP contribution in [-0.2, 0) is 0 Å². The average Bonchev–Trinajstić information content (AvgIpc) is 2.16. The second kappa shape index (κ2) is 5.13. The number of nitrogens with two attached hydrogens (primary N) is 1. The lowest BCUT2D eigenvalue weighted by atomic mass is 10.2. The highest BCUT2D eigenvalue weighted by Crippen LogP contribution is 2.09. The molecule has 4 N–H and O–H groups in total. The Bertz CT molecular complexity index is 430. The standard InChI is InChI=1S/C9H8ClN3O3/c10-6-3-1-5(2-4-6)7(14)12-9(16)13-8(11)15/h1-4H,(H4,11,12,13,14,15,16). The molecule has 84 valence electrons. The normalized spacial score (nSPS) is 9.31. The maximum atomic E-state index is 11.4. The molecule has 1 aromatic rings. The Balaban J connectivity index is 2.62. The molecule has 0 aliphatic rings. The first-order chi connectivity index (χ1) is 7.49. The van der Waals surface area contributed by atoms with Gasteiger partial charge in [-0.2, -0.15) is 0 Å². The van der Waals surface area contributed by atoms with Crippen LogP contribution in [0.4, 0.5) is 9.59 Å². The van der Waals surface area contributed by atoms with Gasteiger partial charge in [0.15, 0.2) is 0 Å². The zero-order valence-corrected chi connectivity index (χ0v) is 8.75. The molecule has 0 aliphatic heterocycles. The number of primary amides is 1. The Morgan fingerprint density at radius 3 is 2.12 bits per heavy atom. The largest absolute Gasteiger partial charge is 0.351 e. The number of carbonyl (C=O) groups excluding carboxylic acids is 3. The number of amides is 5. The predicted molar refractivity (Wildman–Crippen MR) is 57.0 cm³/mol. The Morgan fingerprint density at radius 2 is 1.62 bits per heavy atom. The molecule has 0 aliphatic carbocycles. The van der Waals surface area contributed by atoms with Crippen LogP contribution < -0.4 is 16.4 Å². The van der Waals surface area contributed by atoms with Gasteiger partial charge in [-0.15, -0.1) is 0 Å². The van der Waals surface area contributed by atoms with Gasteiger partial charge < -0.3 is 5.73 Å². The van der Waals surface area contributed by atoms with Crippen molar-refractivity contribution in [1.29, 1.82) is 0 Å². The summed E-state index contributed by atoms with van der Waals surface area (Å²) in [6.45, 7) is 0. The summed E-state index contributed by atoms with van der Waals surface area (Å²) < 4.78 is 0. The number of imide groups is 2. The van der Waals surface area contributed by atoms with Crippen LogP contribution >= 0.6 is 11.6 Å². The quantitative estimate of drug-likeness (QED) is 0.679. The van der Waals surface area contributed by atoms with Gasteiger partial charge in [-0.05, 0) is 24.3 Å². The molecule has 7 heteroatoms. The Kier molecular flexibility index (Phi) is 3.84. The van der Waals surface area contributed by atoms with E-state index in [9.17, 15) is 14.4 Å². The van der Waals surface area contributed by atoms with Crippen LogP contribution in [0, 0.1) is 0 Å². The monoisotopic (exact) mass is 241 g/mol. The number of hydrogen-bond acceptors (Lipinski definition) is 3. The lowest BCUT2D eigenvalue weighted by molar-refractivity contribution is 0.0965. The summed E-state index contributed by atoms with van der Waals surface area (Å²) >= 11 is 5.62. The lowest BCUT2D eigenvalue weighted by Crippen LogP contribution is -2.44. The molecule has 0 saturated heterocycles. The van der Waals surface area contributed by atoms with E-state index in [2.05, 4.69) is 5.73 Å².